The number of hydrogen-bond donors (Lipinski definition) is 5. The lowest BCUT2D eigenvalue weighted by Gasteiger charge is -2.28. The first-order valence-electron chi connectivity index (χ1n) is 9.28. The van der Waals surface area contributed by atoms with E-state index in [1.165, 1.54) is 4.90 Å². The molecule has 10 nitrogen and oxygen atoms in total. The summed E-state index contributed by atoms with van der Waals surface area (Å²) in [6.07, 6.45) is 2.26. The van der Waals surface area contributed by atoms with Crippen molar-refractivity contribution in [3.8, 4) is 0 Å². The number of rotatable bonds is 10. The van der Waals surface area contributed by atoms with Gasteiger partial charge in [0, 0.05) is 13.1 Å². The van der Waals surface area contributed by atoms with Crippen molar-refractivity contribution >= 4 is 23.7 Å². The number of amides is 2. The van der Waals surface area contributed by atoms with Gasteiger partial charge in [-0.25, -0.2) is 4.79 Å². The van der Waals surface area contributed by atoms with Crippen LogP contribution in [0, 0.1) is 5.92 Å². The predicted molar refractivity (Wildman–Crippen MR) is 102 cm³/mol. The molecule has 0 aliphatic carbocycles. The fraction of sp³-hybridized carbons (Fsp3) is 0.765. The molecule has 0 radical (unpaired) electrons. The second-order valence-electron chi connectivity index (χ2n) is 7.27. The van der Waals surface area contributed by atoms with E-state index < -0.39 is 35.9 Å². The summed E-state index contributed by atoms with van der Waals surface area (Å²) in [7, 11) is 0. The summed E-state index contributed by atoms with van der Waals surface area (Å²) in [4.78, 5) is 41.8. The third kappa shape index (κ3) is 7.41. The maximum Gasteiger partial charge on any atom is 0.326 e. The molecule has 3 atom stereocenters. The lowest BCUT2D eigenvalue weighted by Crippen LogP contribution is -2.54. The van der Waals surface area contributed by atoms with Gasteiger partial charge in [-0.15, -0.1) is 0 Å². The Labute approximate surface area is 159 Å². The van der Waals surface area contributed by atoms with E-state index in [1.54, 1.807) is 0 Å². The fourth-order valence-corrected chi connectivity index (χ4v) is 3.14. The highest BCUT2D eigenvalue weighted by molar-refractivity contribution is 5.92. The number of carboxylic acid groups (broad SMARTS) is 1. The standard InChI is InChI=1S/C17H32N6O4/c1-10(2)9-11(18)14(24)22-12(5-3-7-21-17(19)20)15(25)23-8-4-6-13(23)16(26)27/h10-13H,3-9,18H2,1-2H3,(H,22,24)(H,26,27)(H4,19,20,21)/t11-,12+,13+/m1/s1. The number of nitrogens with one attached hydrogen (secondary N) is 1. The summed E-state index contributed by atoms with van der Waals surface area (Å²) in [5, 5.41) is 12.0. The predicted octanol–water partition coefficient (Wildman–Crippen LogP) is -1.03. The first-order valence-corrected chi connectivity index (χ1v) is 9.28. The lowest BCUT2D eigenvalue weighted by atomic mass is 10.0. The van der Waals surface area contributed by atoms with Crippen molar-refractivity contribution in [2.24, 2.45) is 28.1 Å². The third-order valence-corrected chi connectivity index (χ3v) is 4.44. The molecule has 8 N–H and O–H groups in total. The number of guanidine groups is 1. The molecule has 0 aromatic heterocycles. The topological polar surface area (TPSA) is 177 Å². The van der Waals surface area contributed by atoms with Crippen LogP contribution >= 0.6 is 0 Å². The largest absolute Gasteiger partial charge is 0.480 e. The highest BCUT2D eigenvalue weighted by atomic mass is 16.4. The normalized spacial score (nSPS) is 18.8. The van der Waals surface area contributed by atoms with Gasteiger partial charge in [0.2, 0.25) is 11.8 Å². The number of carbonyl (C=O) groups is 3. The molecule has 1 fully saturated rings. The molecule has 0 unspecified atom stereocenters. The molecular formula is C17H32N6O4. The Kier molecular flexibility index (Phi) is 8.99. The molecule has 1 aliphatic rings. The Hall–Kier alpha value is -2.36. The number of carboxylic acids is 1. The molecule has 0 bridgehead atoms. The number of likely N-dealkylation sites (tertiary alicyclic amines) is 1. The molecule has 1 heterocycles. The van der Waals surface area contributed by atoms with Gasteiger partial charge in [0.15, 0.2) is 5.96 Å². The summed E-state index contributed by atoms with van der Waals surface area (Å²) in [5.74, 6) is -1.68. The zero-order chi connectivity index (χ0) is 20.6. The first-order chi connectivity index (χ1) is 12.6. The Morgan fingerprint density at radius 2 is 1.96 bits per heavy atom. The first kappa shape index (κ1) is 22.7. The monoisotopic (exact) mass is 384 g/mol. The Bertz CT molecular complexity index is 562. The molecular weight excluding hydrogens is 352 g/mol. The van der Waals surface area contributed by atoms with Crippen LogP contribution in [0.25, 0.3) is 0 Å². The van der Waals surface area contributed by atoms with Gasteiger partial charge in [0.05, 0.1) is 6.04 Å². The number of carbonyl (C=O) groups excluding carboxylic acids is 2. The average Bonchev–Trinajstić information content (AvgIpc) is 3.05. The molecule has 1 rings (SSSR count). The van der Waals surface area contributed by atoms with Gasteiger partial charge in [-0.3, -0.25) is 14.6 Å². The molecule has 2 amide bonds. The quantitative estimate of drug-likeness (QED) is 0.182. The van der Waals surface area contributed by atoms with Gasteiger partial charge in [-0.2, -0.15) is 0 Å². The minimum Gasteiger partial charge on any atom is -0.480 e. The van der Waals surface area contributed by atoms with E-state index in [2.05, 4.69) is 10.3 Å². The van der Waals surface area contributed by atoms with Crippen LogP contribution in [0.1, 0.15) is 46.0 Å². The average molecular weight is 384 g/mol. The summed E-state index contributed by atoms with van der Waals surface area (Å²) in [6, 6.07) is -2.45. The van der Waals surface area contributed by atoms with E-state index in [0.717, 1.165) is 0 Å². The second kappa shape index (κ2) is 10.7. The zero-order valence-corrected chi connectivity index (χ0v) is 16.1. The summed E-state index contributed by atoms with van der Waals surface area (Å²) >= 11 is 0. The summed E-state index contributed by atoms with van der Waals surface area (Å²) in [5.41, 5.74) is 16.5. The Morgan fingerprint density at radius 1 is 1.30 bits per heavy atom. The molecule has 154 valence electrons. The second-order valence-corrected chi connectivity index (χ2v) is 7.27. The molecule has 27 heavy (non-hydrogen) atoms. The Balaban J connectivity index is 2.82. The van der Waals surface area contributed by atoms with Crippen LogP contribution in [0.3, 0.4) is 0 Å². The van der Waals surface area contributed by atoms with Crippen molar-refractivity contribution in [3.05, 3.63) is 0 Å². The van der Waals surface area contributed by atoms with Gasteiger partial charge in [-0.05, 0) is 38.0 Å². The lowest BCUT2D eigenvalue weighted by molar-refractivity contribution is -0.149. The van der Waals surface area contributed by atoms with Crippen molar-refractivity contribution in [1.29, 1.82) is 0 Å². The number of nitrogens with zero attached hydrogens (tertiary/aromatic N) is 2. The molecule has 10 heteroatoms. The van der Waals surface area contributed by atoms with Crippen LogP contribution in [0.4, 0.5) is 0 Å². The van der Waals surface area contributed by atoms with Crippen LogP contribution in [-0.2, 0) is 14.4 Å². The van der Waals surface area contributed by atoms with Crippen LogP contribution in [0.5, 0.6) is 0 Å². The van der Waals surface area contributed by atoms with Crippen molar-refractivity contribution in [2.45, 2.75) is 64.1 Å². The van der Waals surface area contributed by atoms with Crippen LogP contribution in [0.15, 0.2) is 4.99 Å². The van der Waals surface area contributed by atoms with Crippen LogP contribution in [0.2, 0.25) is 0 Å². The smallest absolute Gasteiger partial charge is 0.326 e. The van der Waals surface area contributed by atoms with Crippen molar-refractivity contribution in [3.63, 3.8) is 0 Å². The number of aliphatic imine (C=N–C) groups is 1. The van der Waals surface area contributed by atoms with Crippen molar-refractivity contribution in [2.75, 3.05) is 13.1 Å². The van der Waals surface area contributed by atoms with Crippen LogP contribution in [-0.4, -0.2) is 65.0 Å². The van der Waals surface area contributed by atoms with Gasteiger partial charge in [-0.1, -0.05) is 13.8 Å². The number of aliphatic carboxylic acids is 1. The molecule has 0 aromatic carbocycles. The van der Waals surface area contributed by atoms with E-state index in [-0.39, 0.29) is 11.9 Å². The van der Waals surface area contributed by atoms with Crippen molar-refractivity contribution in [1.82, 2.24) is 10.2 Å². The Morgan fingerprint density at radius 3 is 2.52 bits per heavy atom. The third-order valence-electron chi connectivity index (χ3n) is 4.44. The van der Waals surface area contributed by atoms with E-state index >= 15 is 0 Å². The minimum atomic E-state index is -1.04. The molecule has 0 saturated carbocycles. The highest BCUT2D eigenvalue weighted by Crippen LogP contribution is 2.19. The fourth-order valence-electron chi connectivity index (χ4n) is 3.14. The number of nitrogens with two attached hydrogens (primary N) is 3. The van der Waals surface area contributed by atoms with Gasteiger partial charge < -0.3 is 32.5 Å². The highest BCUT2D eigenvalue weighted by Gasteiger charge is 2.37. The van der Waals surface area contributed by atoms with Crippen LogP contribution < -0.4 is 22.5 Å². The van der Waals surface area contributed by atoms with Gasteiger partial charge in [0.1, 0.15) is 12.1 Å². The zero-order valence-electron chi connectivity index (χ0n) is 16.1. The van der Waals surface area contributed by atoms with E-state index in [4.69, 9.17) is 17.2 Å². The summed E-state index contributed by atoms with van der Waals surface area (Å²) < 4.78 is 0. The molecule has 0 aromatic rings. The van der Waals surface area contributed by atoms with E-state index in [1.807, 2.05) is 13.8 Å². The maximum absolute atomic E-state index is 12.9. The number of hydrogen-bond acceptors (Lipinski definition) is 5. The summed E-state index contributed by atoms with van der Waals surface area (Å²) in [6.45, 7) is 4.57. The molecule has 1 aliphatic heterocycles. The van der Waals surface area contributed by atoms with Gasteiger partial charge in [0.25, 0.3) is 0 Å². The maximum atomic E-state index is 12.9. The minimum absolute atomic E-state index is 0.0497. The van der Waals surface area contributed by atoms with E-state index in [0.29, 0.717) is 45.2 Å². The van der Waals surface area contributed by atoms with Gasteiger partial charge >= 0.3 is 5.97 Å². The van der Waals surface area contributed by atoms with E-state index in [9.17, 15) is 19.5 Å². The SMILES string of the molecule is CC(C)C[C@@H](N)C(=O)N[C@@H](CCCN=C(N)N)C(=O)N1CCC[C@H]1C(=O)O. The van der Waals surface area contributed by atoms with Crippen molar-refractivity contribution < 1.29 is 19.5 Å². The molecule has 0 spiro atoms. The molecule has 1 saturated heterocycles.